The summed E-state index contributed by atoms with van der Waals surface area (Å²) in [6, 6.07) is 0. The Kier molecular flexibility index (Phi) is 2.18. The fraction of sp³-hybridized carbons (Fsp3) is 0.636. The summed E-state index contributed by atoms with van der Waals surface area (Å²) in [6.07, 6.45) is 4.07. The predicted octanol–water partition coefficient (Wildman–Crippen LogP) is 3.33. The lowest BCUT2D eigenvalue weighted by Gasteiger charge is -2.41. The molecule has 1 atom stereocenters. The van der Waals surface area contributed by atoms with Gasteiger partial charge in [0.1, 0.15) is 5.76 Å². The van der Waals surface area contributed by atoms with E-state index in [2.05, 4.69) is 27.7 Å². The quantitative estimate of drug-likeness (QED) is 0.603. The molecule has 2 heteroatoms. The Morgan fingerprint density at radius 3 is 2.23 bits per heavy atom. The van der Waals surface area contributed by atoms with Gasteiger partial charge in [0.25, 0.3) is 0 Å². The zero-order chi connectivity index (χ0) is 10.3. The molecule has 0 saturated heterocycles. The van der Waals surface area contributed by atoms with Gasteiger partial charge in [0, 0.05) is 6.42 Å². The average molecular weight is 182 g/mol. The second-order valence-corrected chi connectivity index (χ2v) is 5.01. The maximum absolute atomic E-state index is 9.46. The van der Waals surface area contributed by atoms with Gasteiger partial charge in [-0.1, -0.05) is 33.8 Å². The summed E-state index contributed by atoms with van der Waals surface area (Å²) in [5.41, 5.74) is 0.00148. The Morgan fingerprint density at radius 1 is 1.31 bits per heavy atom. The number of hydrogen-bond donors (Lipinski definition) is 2. The van der Waals surface area contributed by atoms with E-state index < -0.39 is 0 Å². The first kappa shape index (κ1) is 10.2. The van der Waals surface area contributed by atoms with Crippen molar-refractivity contribution in [3.63, 3.8) is 0 Å². The maximum Gasteiger partial charge on any atom is 0.152 e. The van der Waals surface area contributed by atoms with E-state index in [1.54, 1.807) is 6.08 Å². The summed E-state index contributed by atoms with van der Waals surface area (Å²) in [5.74, 6) is 0.0988. The molecule has 0 amide bonds. The van der Waals surface area contributed by atoms with Crippen molar-refractivity contribution < 1.29 is 10.2 Å². The van der Waals surface area contributed by atoms with E-state index in [1.165, 1.54) is 0 Å². The molecule has 1 aliphatic rings. The van der Waals surface area contributed by atoms with Gasteiger partial charge in [-0.2, -0.15) is 0 Å². The van der Waals surface area contributed by atoms with Gasteiger partial charge in [0.15, 0.2) is 5.76 Å². The van der Waals surface area contributed by atoms with E-state index in [4.69, 9.17) is 0 Å². The third kappa shape index (κ3) is 1.71. The lowest BCUT2D eigenvalue weighted by molar-refractivity contribution is 0.137. The molecule has 13 heavy (non-hydrogen) atoms. The van der Waals surface area contributed by atoms with Crippen molar-refractivity contribution in [2.24, 2.45) is 10.8 Å². The summed E-state index contributed by atoms with van der Waals surface area (Å²) in [4.78, 5) is 0. The Hall–Kier alpha value is -0.920. The standard InChI is InChI=1S/C11H18O2/c1-10(2,3)11(4)6-5-8(12)9(13)7-11/h5-6,12-13H,7H2,1-4H3. The molecular formula is C11H18O2. The van der Waals surface area contributed by atoms with Gasteiger partial charge in [-0.15, -0.1) is 0 Å². The van der Waals surface area contributed by atoms with Crippen molar-refractivity contribution >= 4 is 0 Å². The second kappa shape index (κ2) is 2.79. The van der Waals surface area contributed by atoms with Crippen molar-refractivity contribution in [2.75, 3.05) is 0 Å². The molecule has 0 aromatic rings. The van der Waals surface area contributed by atoms with Gasteiger partial charge in [-0.25, -0.2) is 0 Å². The average Bonchev–Trinajstić information content (AvgIpc) is 1.95. The molecule has 0 heterocycles. The van der Waals surface area contributed by atoms with E-state index in [-0.39, 0.29) is 22.3 Å². The van der Waals surface area contributed by atoms with Crippen LogP contribution in [0, 0.1) is 10.8 Å². The van der Waals surface area contributed by atoms with Crippen LogP contribution in [-0.2, 0) is 0 Å². The normalized spacial score (nSPS) is 29.5. The molecule has 1 unspecified atom stereocenters. The van der Waals surface area contributed by atoms with E-state index >= 15 is 0 Å². The largest absolute Gasteiger partial charge is 0.508 e. The van der Waals surface area contributed by atoms with E-state index in [0.29, 0.717) is 6.42 Å². The fourth-order valence-corrected chi connectivity index (χ4v) is 1.37. The highest BCUT2D eigenvalue weighted by atomic mass is 16.3. The van der Waals surface area contributed by atoms with Crippen LogP contribution < -0.4 is 0 Å². The van der Waals surface area contributed by atoms with Gasteiger partial charge in [0.05, 0.1) is 0 Å². The van der Waals surface area contributed by atoms with E-state index in [0.717, 1.165) is 0 Å². The van der Waals surface area contributed by atoms with Gasteiger partial charge < -0.3 is 10.2 Å². The third-order valence-electron chi connectivity index (χ3n) is 3.15. The molecular weight excluding hydrogens is 164 g/mol. The van der Waals surface area contributed by atoms with Crippen LogP contribution in [0.2, 0.25) is 0 Å². The molecule has 0 aliphatic heterocycles. The Morgan fingerprint density at radius 2 is 1.85 bits per heavy atom. The van der Waals surface area contributed by atoms with Gasteiger partial charge in [-0.3, -0.25) is 0 Å². The van der Waals surface area contributed by atoms with Gasteiger partial charge in [0.2, 0.25) is 0 Å². The van der Waals surface area contributed by atoms with Crippen molar-refractivity contribution in [3.05, 3.63) is 23.7 Å². The van der Waals surface area contributed by atoms with E-state index in [1.807, 2.05) is 6.08 Å². The minimum Gasteiger partial charge on any atom is -0.508 e. The van der Waals surface area contributed by atoms with E-state index in [9.17, 15) is 10.2 Å². The Bertz CT molecular complexity index is 268. The highest BCUT2D eigenvalue weighted by molar-refractivity contribution is 5.25. The number of rotatable bonds is 0. The summed E-state index contributed by atoms with van der Waals surface area (Å²) < 4.78 is 0. The van der Waals surface area contributed by atoms with Gasteiger partial charge >= 0.3 is 0 Å². The monoisotopic (exact) mass is 182 g/mol. The smallest absolute Gasteiger partial charge is 0.152 e. The zero-order valence-electron chi connectivity index (χ0n) is 8.76. The molecule has 0 aromatic heterocycles. The lowest BCUT2D eigenvalue weighted by atomic mass is 9.64. The van der Waals surface area contributed by atoms with Crippen molar-refractivity contribution in [1.29, 1.82) is 0 Å². The maximum atomic E-state index is 9.46. The third-order valence-corrected chi connectivity index (χ3v) is 3.15. The van der Waals surface area contributed by atoms with Gasteiger partial charge in [-0.05, 0) is 16.9 Å². The molecule has 2 nitrogen and oxygen atoms in total. The lowest BCUT2D eigenvalue weighted by Crippen LogP contribution is -2.32. The molecule has 0 spiro atoms. The van der Waals surface area contributed by atoms with Crippen LogP contribution in [0.15, 0.2) is 23.7 Å². The minimum absolute atomic E-state index is 0.00160. The summed E-state index contributed by atoms with van der Waals surface area (Å²) in [7, 11) is 0. The molecule has 0 bridgehead atoms. The van der Waals surface area contributed by atoms with Crippen LogP contribution in [0.3, 0.4) is 0 Å². The predicted molar refractivity (Wildman–Crippen MR) is 53.6 cm³/mol. The van der Waals surface area contributed by atoms with Crippen LogP contribution in [0.25, 0.3) is 0 Å². The molecule has 74 valence electrons. The van der Waals surface area contributed by atoms with Crippen molar-refractivity contribution in [1.82, 2.24) is 0 Å². The number of allylic oxidation sites excluding steroid dienone is 3. The number of hydrogen-bond acceptors (Lipinski definition) is 2. The highest BCUT2D eigenvalue weighted by Gasteiger charge is 2.38. The van der Waals surface area contributed by atoms with Crippen LogP contribution in [0.1, 0.15) is 34.1 Å². The first-order valence-electron chi connectivity index (χ1n) is 4.57. The summed E-state index contributed by atoms with van der Waals surface area (Å²) in [6.45, 7) is 8.49. The Balaban J connectivity index is 2.97. The fourth-order valence-electron chi connectivity index (χ4n) is 1.37. The first-order chi connectivity index (χ1) is 5.76. The topological polar surface area (TPSA) is 40.5 Å². The van der Waals surface area contributed by atoms with Crippen molar-refractivity contribution in [2.45, 2.75) is 34.1 Å². The SMILES string of the molecule is CC(C)(C)C1(C)C=CC(O)=C(O)C1. The molecule has 1 aliphatic carbocycles. The molecule has 2 N–H and O–H groups in total. The molecule has 1 rings (SSSR count). The van der Waals surface area contributed by atoms with Crippen LogP contribution in [-0.4, -0.2) is 10.2 Å². The zero-order valence-corrected chi connectivity index (χ0v) is 8.76. The Labute approximate surface area is 79.6 Å². The molecule has 0 saturated carbocycles. The first-order valence-corrected chi connectivity index (χ1v) is 4.57. The number of aliphatic hydroxyl groups is 2. The molecule has 0 fully saturated rings. The second-order valence-electron chi connectivity index (χ2n) is 5.01. The molecule has 0 aromatic carbocycles. The van der Waals surface area contributed by atoms with Crippen molar-refractivity contribution in [3.8, 4) is 0 Å². The van der Waals surface area contributed by atoms with Crippen LogP contribution in [0.4, 0.5) is 0 Å². The molecule has 0 radical (unpaired) electrons. The van der Waals surface area contributed by atoms with Crippen LogP contribution >= 0.6 is 0 Å². The highest BCUT2D eigenvalue weighted by Crippen LogP contribution is 2.46. The van der Waals surface area contributed by atoms with Crippen LogP contribution in [0.5, 0.6) is 0 Å². The number of aliphatic hydroxyl groups excluding tert-OH is 2. The summed E-state index contributed by atoms with van der Waals surface area (Å²) >= 11 is 0. The minimum atomic E-state index is -0.0800. The summed E-state index contributed by atoms with van der Waals surface area (Å²) in [5, 5.41) is 18.7.